The second kappa shape index (κ2) is 7.60. The Morgan fingerprint density at radius 3 is 2.84 bits per heavy atom. The van der Waals surface area contributed by atoms with E-state index >= 15 is 0 Å². The summed E-state index contributed by atoms with van der Waals surface area (Å²) in [5, 5.41) is 4.73. The summed E-state index contributed by atoms with van der Waals surface area (Å²) >= 11 is 0. The largest absolute Gasteiger partial charge is 0.431 e. The second-order valence-electron chi connectivity index (χ2n) is 8.27. The minimum atomic E-state index is -2.96. The van der Waals surface area contributed by atoms with Crippen LogP contribution in [0.4, 0.5) is 14.6 Å². The third kappa shape index (κ3) is 3.44. The number of nitrogens with one attached hydrogen (secondary N) is 1. The maximum absolute atomic E-state index is 12.7. The number of pyridine rings is 1. The van der Waals surface area contributed by atoms with Gasteiger partial charge in [-0.05, 0) is 37.9 Å². The van der Waals surface area contributed by atoms with Gasteiger partial charge in [-0.3, -0.25) is 9.58 Å². The molecule has 3 aromatic rings. The summed E-state index contributed by atoms with van der Waals surface area (Å²) in [4.78, 5) is 14.2. The highest BCUT2D eigenvalue weighted by atomic mass is 19.3. The Kier molecular flexibility index (Phi) is 4.88. The van der Waals surface area contributed by atoms with Crippen LogP contribution in [0.3, 0.4) is 0 Å². The molecule has 2 atom stereocenters. The van der Waals surface area contributed by atoms with Crippen LogP contribution in [0.2, 0.25) is 0 Å². The van der Waals surface area contributed by atoms with Crippen LogP contribution in [-0.2, 0) is 12.0 Å². The molecule has 0 bridgehead atoms. The number of rotatable bonds is 6. The predicted octanol–water partition coefficient (Wildman–Crippen LogP) is 3.35. The predicted molar refractivity (Wildman–Crippen MR) is 111 cm³/mol. The molecular formula is C21H25F2N7O. The minimum Gasteiger partial charge on any atom is -0.431 e. The van der Waals surface area contributed by atoms with Gasteiger partial charge in [0.2, 0.25) is 0 Å². The normalized spacial score (nSPS) is 21.8. The zero-order chi connectivity index (χ0) is 21.6. The Morgan fingerprint density at radius 1 is 1.26 bits per heavy atom. The van der Waals surface area contributed by atoms with Crippen LogP contribution in [0.15, 0.2) is 30.7 Å². The summed E-state index contributed by atoms with van der Waals surface area (Å²) in [5.74, 6) is 0.806. The van der Waals surface area contributed by atoms with Crippen LogP contribution in [0.25, 0.3) is 11.3 Å². The van der Waals surface area contributed by atoms with Crippen LogP contribution in [0, 0.1) is 0 Å². The van der Waals surface area contributed by atoms with Crippen LogP contribution in [0.5, 0.6) is 5.75 Å². The summed E-state index contributed by atoms with van der Waals surface area (Å²) in [6.07, 6.45) is 8.29. The Labute approximate surface area is 178 Å². The van der Waals surface area contributed by atoms with Gasteiger partial charge in [-0.1, -0.05) is 6.92 Å². The van der Waals surface area contributed by atoms with E-state index in [4.69, 9.17) is 10.8 Å². The van der Waals surface area contributed by atoms with Crippen molar-refractivity contribution in [2.24, 2.45) is 0 Å². The van der Waals surface area contributed by atoms with Crippen molar-refractivity contribution in [3.63, 3.8) is 0 Å². The second-order valence-corrected chi connectivity index (χ2v) is 8.27. The van der Waals surface area contributed by atoms with Gasteiger partial charge in [0, 0.05) is 48.4 Å². The molecule has 5 heterocycles. The summed E-state index contributed by atoms with van der Waals surface area (Å²) in [6, 6.07) is 3.80. The lowest BCUT2D eigenvalue weighted by Crippen LogP contribution is -2.32. The van der Waals surface area contributed by atoms with E-state index in [0.29, 0.717) is 11.3 Å². The number of alkyl halides is 2. The van der Waals surface area contributed by atoms with E-state index in [1.54, 1.807) is 12.4 Å². The highest BCUT2D eigenvalue weighted by molar-refractivity contribution is 5.64. The fourth-order valence-corrected chi connectivity index (χ4v) is 5.06. The molecule has 1 spiro atoms. The maximum Gasteiger partial charge on any atom is 0.387 e. The molecule has 0 radical (unpaired) electrons. The van der Waals surface area contributed by atoms with Crippen molar-refractivity contribution in [3.8, 4) is 17.0 Å². The van der Waals surface area contributed by atoms with Gasteiger partial charge in [0.1, 0.15) is 5.82 Å². The fraction of sp³-hybridized carbons (Fsp3) is 0.476. The fourth-order valence-electron chi connectivity index (χ4n) is 5.06. The van der Waals surface area contributed by atoms with Crippen LogP contribution < -0.4 is 10.5 Å². The van der Waals surface area contributed by atoms with Crippen molar-refractivity contribution in [2.45, 2.75) is 50.8 Å². The lowest BCUT2D eigenvalue weighted by atomic mass is 9.82. The average Bonchev–Trinajstić information content (AvgIpc) is 3.52. The number of anilines is 1. The number of fused-ring (bicyclic) bond motifs is 2. The quantitative estimate of drug-likeness (QED) is 0.624. The Bertz CT molecular complexity index is 1070. The number of hydrogen-bond donors (Lipinski definition) is 2. The number of ether oxygens (including phenoxy) is 1. The van der Waals surface area contributed by atoms with E-state index in [9.17, 15) is 8.78 Å². The van der Waals surface area contributed by atoms with Crippen molar-refractivity contribution < 1.29 is 13.5 Å². The third-order valence-electron chi connectivity index (χ3n) is 6.56. The van der Waals surface area contributed by atoms with Crippen molar-refractivity contribution >= 4 is 5.82 Å². The molecule has 10 heteroatoms. The van der Waals surface area contributed by atoms with Gasteiger partial charge in [-0.25, -0.2) is 9.97 Å². The van der Waals surface area contributed by atoms with Gasteiger partial charge in [-0.15, -0.1) is 0 Å². The molecule has 0 aliphatic carbocycles. The monoisotopic (exact) mass is 429 g/mol. The summed E-state index contributed by atoms with van der Waals surface area (Å²) in [5.41, 5.74) is 8.20. The molecular weight excluding hydrogens is 404 g/mol. The first kappa shape index (κ1) is 19.9. The SMILES string of the molecule is CCC(c1ncc[nH]1)N1CC[C@@]2(CCn3nc(-c4cnc(N)c(OC(F)F)c4)cc32)C1. The van der Waals surface area contributed by atoms with Crippen molar-refractivity contribution in [2.75, 3.05) is 18.8 Å². The first-order valence-electron chi connectivity index (χ1n) is 10.5. The molecule has 0 aromatic carbocycles. The molecule has 3 aromatic heterocycles. The van der Waals surface area contributed by atoms with Crippen LogP contribution >= 0.6 is 0 Å². The number of likely N-dealkylation sites (tertiary alicyclic amines) is 1. The first-order chi connectivity index (χ1) is 15.0. The smallest absolute Gasteiger partial charge is 0.387 e. The van der Waals surface area contributed by atoms with Gasteiger partial charge in [0.25, 0.3) is 0 Å². The number of aryl methyl sites for hydroxylation is 1. The molecule has 0 amide bonds. The molecule has 1 saturated heterocycles. The number of nitrogens with zero attached hydrogens (tertiary/aromatic N) is 5. The minimum absolute atomic E-state index is 0.0365. The van der Waals surface area contributed by atoms with E-state index in [0.717, 1.165) is 44.7 Å². The summed E-state index contributed by atoms with van der Waals surface area (Å²) < 4.78 is 31.9. The summed E-state index contributed by atoms with van der Waals surface area (Å²) in [7, 11) is 0. The molecule has 1 unspecified atom stereocenters. The number of aromatic amines is 1. The average molecular weight is 429 g/mol. The van der Waals surface area contributed by atoms with Crippen LogP contribution in [-0.4, -0.2) is 49.3 Å². The Balaban J connectivity index is 1.41. The van der Waals surface area contributed by atoms with Gasteiger partial charge in [0.05, 0.1) is 11.7 Å². The molecule has 31 heavy (non-hydrogen) atoms. The molecule has 5 rings (SSSR count). The van der Waals surface area contributed by atoms with Crippen molar-refractivity contribution in [1.29, 1.82) is 0 Å². The number of nitrogen functional groups attached to an aromatic ring is 1. The van der Waals surface area contributed by atoms with E-state index in [1.807, 2.05) is 10.9 Å². The van der Waals surface area contributed by atoms with Gasteiger partial charge < -0.3 is 15.5 Å². The number of H-pyrrole nitrogens is 1. The van der Waals surface area contributed by atoms with Crippen LogP contribution in [0.1, 0.15) is 43.7 Å². The topological polar surface area (TPSA) is 97.9 Å². The summed E-state index contributed by atoms with van der Waals surface area (Å²) in [6.45, 7) is 2.00. The molecule has 1 fully saturated rings. The van der Waals surface area contributed by atoms with E-state index in [1.165, 1.54) is 11.8 Å². The van der Waals surface area contributed by atoms with E-state index < -0.39 is 6.61 Å². The molecule has 0 saturated carbocycles. The lowest BCUT2D eigenvalue weighted by Gasteiger charge is -2.28. The molecule has 2 aliphatic heterocycles. The first-order valence-corrected chi connectivity index (χ1v) is 10.5. The van der Waals surface area contributed by atoms with Crippen molar-refractivity contribution in [1.82, 2.24) is 29.6 Å². The Hall–Kier alpha value is -3.01. The van der Waals surface area contributed by atoms with Crippen molar-refractivity contribution in [3.05, 3.63) is 42.2 Å². The van der Waals surface area contributed by atoms with Gasteiger partial charge in [0.15, 0.2) is 11.6 Å². The molecule has 164 valence electrons. The molecule has 8 nitrogen and oxygen atoms in total. The van der Waals surface area contributed by atoms with Gasteiger partial charge in [-0.2, -0.15) is 13.9 Å². The van der Waals surface area contributed by atoms with Gasteiger partial charge >= 0.3 is 6.61 Å². The zero-order valence-corrected chi connectivity index (χ0v) is 17.3. The number of hydrogen-bond acceptors (Lipinski definition) is 6. The Morgan fingerprint density at radius 2 is 2.10 bits per heavy atom. The lowest BCUT2D eigenvalue weighted by molar-refractivity contribution is -0.0494. The number of aromatic nitrogens is 5. The molecule has 2 aliphatic rings. The van der Waals surface area contributed by atoms with E-state index in [-0.39, 0.29) is 23.0 Å². The molecule has 3 N–H and O–H groups in total. The zero-order valence-electron chi connectivity index (χ0n) is 17.3. The third-order valence-corrected chi connectivity index (χ3v) is 6.56. The highest BCUT2D eigenvalue weighted by Crippen LogP contribution is 2.46. The standard InChI is InChI=1S/C21H25F2N7O/c1-2-15(19-25-5-6-26-19)29-7-3-21(12-29)4-8-30-17(21)10-14(28-30)13-9-16(31-20(22)23)18(24)27-11-13/h5-6,9-11,15,20H,2-4,7-8,12H2,1H3,(H2,24,27)(H,25,26)/t15?,21-/m1/s1. The highest BCUT2D eigenvalue weighted by Gasteiger charge is 2.47. The van der Waals surface area contributed by atoms with E-state index in [2.05, 4.69) is 37.6 Å². The number of nitrogens with two attached hydrogens (primary N) is 1. The number of halogens is 2. The number of imidazole rings is 1. The maximum atomic E-state index is 12.7.